The van der Waals surface area contributed by atoms with Gasteiger partial charge in [-0.1, -0.05) is 20.8 Å². The predicted octanol–water partition coefficient (Wildman–Crippen LogP) is 2.12. The largest absolute Gasteiger partial charge is 0.392 e. The summed E-state index contributed by atoms with van der Waals surface area (Å²) in [5.74, 6) is 1.55. The second kappa shape index (κ2) is 5.13. The molecule has 0 saturated carbocycles. The third-order valence-corrected chi connectivity index (χ3v) is 3.64. The zero-order valence-corrected chi connectivity index (χ0v) is 10.0. The van der Waals surface area contributed by atoms with Crippen LogP contribution in [0, 0.1) is 11.8 Å². The van der Waals surface area contributed by atoms with E-state index in [0.29, 0.717) is 6.04 Å². The molecule has 4 atom stereocenters. The predicted molar refractivity (Wildman–Crippen MR) is 60.3 cm³/mol. The molecule has 1 rings (SSSR count). The second-order valence-corrected chi connectivity index (χ2v) is 5.07. The number of piperidine rings is 1. The number of nitrogens with zero attached hydrogens (tertiary/aromatic N) is 1. The molecule has 2 nitrogen and oxygen atoms in total. The van der Waals surface area contributed by atoms with Crippen molar-refractivity contribution in [3.8, 4) is 0 Å². The lowest BCUT2D eigenvalue weighted by molar-refractivity contribution is 0.0310. The molecule has 1 saturated heterocycles. The van der Waals surface area contributed by atoms with Crippen LogP contribution in [-0.4, -0.2) is 35.2 Å². The average molecular weight is 199 g/mol. The van der Waals surface area contributed by atoms with Gasteiger partial charge in [-0.05, 0) is 31.6 Å². The number of aliphatic hydroxyl groups is 1. The molecule has 0 radical (unpaired) electrons. The Morgan fingerprint density at radius 1 is 1.36 bits per heavy atom. The number of likely N-dealkylation sites (tertiary alicyclic amines) is 1. The van der Waals surface area contributed by atoms with E-state index >= 15 is 0 Å². The van der Waals surface area contributed by atoms with Gasteiger partial charge in [0.05, 0.1) is 6.10 Å². The van der Waals surface area contributed by atoms with Crippen molar-refractivity contribution >= 4 is 0 Å². The van der Waals surface area contributed by atoms with Crippen LogP contribution < -0.4 is 0 Å². The maximum Gasteiger partial charge on any atom is 0.0664 e. The van der Waals surface area contributed by atoms with Gasteiger partial charge in [0.25, 0.3) is 0 Å². The van der Waals surface area contributed by atoms with Crippen molar-refractivity contribution in [2.75, 3.05) is 13.1 Å². The number of rotatable bonds is 3. The molecule has 2 heteroatoms. The molecule has 0 aliphatic carbocycles. The van der Waals surface area contributed by atoms with E-state index < -0.39 is 0 Å². The van der Waals surface area contributed by atoms with Crippen LogP contribution in [0.5, 0.6) is 0 Å². The van der Waals surface area contributed by atoms with Crippen LogP contribution in [0.1, 0.15) is 40.5 Å². The zero-order valence-electron chi connectivity index (χ0n) is 10.0. The van der Waals surface area contributed by atoms with E-state index in [1.807, 2.05) is 6.92 Å². The number of hydrogen-bond donors (Lipinski definition) is 1. The van der Waals surface area contributed by atoms with E-state index in [-0.39, 0.29) is 6.10 Å². The molecule has 14 heavy (non-hydrogen) atoms. The number of β-amino-alcohol motifs (C(OH)–C–C–N with tert-alkyl or cyclic N) is 1. The SMILES string of the molecule is CC[C@@H](O)CN1CC(C)CC(C)C1C. The van der Waals surface area contributed by atoms with Gasteiger partial charge >= 0.3 is 0 Å². The van der Waals surface area contributed by atoms with Gasteiger partial charge in [-0.25, -0.2) is 0 Å². The molecule has 0 aromatic carbocycles. The summed E-state index contributed by atoms with van der Waals surface area (Å²) in [5, 5.41) is 9.66. The zero-order chi connectivity index (χ0) is 10.7. The Morgan fingerprint density at radius 2 is 2.00 bits per heavy atom. The summed E-state index contributed by atoms with van der Waals surface area (Å²) < 4.78 is 0. The van der Waals surface area contributed by atoms with E-state index in [9.17, 15) is 5.11 Å². The fourth-order valence-electron chi connectivity index (χ4n) is 2.47. The quantitative estimate of drug-likeness (QED) is 0.752. The first-order valence-corrected chi connectivity index (χ1v) is 5.96. The summed E-state index contributed by atoms with van der Waals surface area (Å²) in [6.45, 7) is 11.0. The lowest BCUT2D eigenvalue weighted by Crippen LogP contribution is -2.48. The minimum atomic E-state index is -0.144. The third kappa shape index (κ3) is 2.96. The first-order valence-electron chi connectivity index (χ1n) is 5.96. The highest BCUT2D eigenvalue weighted by molar-refractivity contribution is 4.82. The van der Waals surface area contributed by atoms with E-state index in [1.54, 1.807) is 0 Å². The number of hydrogen-bond acceptors (Lipinski definition) is 2. The summed E-state index contributed by atoms with van der Waals surface area (Å²) in [4.78, 5) is 2.45. The summed E-state index contributed by atoms with van der Waals surface area (Å²) in [7, 11) is 0. The van der Waals surface area contributed by atoms with Gasteiger partial charge in [0.2, 0.25) is 0 Å². The van der Waals surface area contributed by atoms with Crippen LogP contribution in [0.15, 0.2) is 0 Å². The van der Waals surface area contributed by atoms with Crippen LogP contribution >= 0.6 is 0 Å². The van der Waals surface area contributed by atoms with E-state index in [4.69, 9.17) is 0 Å². The minimum absolute atomic E-state index is 0.144. The summed E-state index contributed by atoms with van der Waals surface area (Å²) in [6.07, 6.45) is 2.06. The van der Waals surface area contributed by atoms with Gasteiger partial charge in [0, 0.05) is 19.1 Å². The molecular weight excluding hydrogens is 174 g/mol. The Labute approximate surface area is 88.3 Å². The van der Waals surface area contributed by atoms with Gasteiger partial charge in [-0.3, -0.25) is 4.90 Å². The van der Waals surface area contributed by atoms with Crippen LogP contribution in [0.2, 0.25) is 0 Å². The summed E-state index contributed by atoms with van der Waals surface area (Å²) in [6, 6.07) is 0.632. The Kier molecular flexibility index (Phi) is 4.39. The molecule has 0 aromatic rings. The van der Waals surface area contributed by atoms with E-state index in [2.05, 4.69) is 25.7 Å². The Balaban J connectivity index is 2.49. The van der Waals surface area contributed by atoms with Gasteiger partial charge in [0.15, 0.2) is 0 Å². The molecule has 1 aliphatic heterocycles. The van der Waals surface area contributed by atoms with Crippen molar-refractivity contribution in [1.29, 1.82) is 0 Å². The molecule has 1 heterocycles. The smallest absolute Gasteiger partial charge is 0.0664 e. The molecule has 0 spiro atoms. The molecule has 3 unspecified atom stereocenters. The highest BCUT2D eigenvalue weighted by atomic mass is 16.3. The van der Waals surface area contributed by atoms with Crippen molar-refractivity contribution < 1.29 is 5.11 Å². The summed E-state index contributed by atoms with van der Waals surface area (Å²) >= 11 is 0. The lowest BCUT2D eigenvalue weighted by atomic mass is 9.86. The van der Waals surface area contributed by atoms with E-state index in [1.165, 1.54) is 6.42 Å². The van der Waals surface area contributed by atoms with Gasteiger partial charge in [0.1, 0.15) is 0 Å². The molecule has 1 aliphatic rings. The Hall–Kier alpha value is -0.0800. The normalized spacial score (nSPS) is 37.1. The molecule has 1 N–H and O–H groups in total. The van der Waals surface area contributed by atoms with Crippen molar-refractivity contribution in [3.63, 3.8) is 0 Å². The highest BCUT2D eigenvalue weighted by Gasteiger charge is 2.29. The van der Waals surface area contributed by atoms with Gasteiger partial charge in [-0.2, -0.15) is 0 Å². The molecule has 0 amide bonds. The fraction of sp³-hybridized carbons (Fsp3) is 1.00. The van der Waals surface area contributed by atoms with Crippen molar-refractivity contribution in [3.05, 3.63) is 0 Å². The van der Waals surface area contributed by atoms with Crippen LogP contribution in [0.4, 0.5) is 0 Å². The maximum atomic E-state index is 9.66. The summed E-state index contributed by atoms with van der Waals surface area (Å²) in [5.41, 5.74) is 0. The average Bonchev–Trinajstić information content (AvgIpc) is 2.13. The second-order valence-electron chi connectivity index (χ2n) is 5.07. The Bertz CT molecular complexity index is 172. The minimum Gasteiger partial charge on any atom is -0.392 e. The van der Waals surface area contributed by atoms with E-state index in [0.717, 1.165) is 31.3 Å². The molecule has 84 valence electrons. The Morgan fingerprint density at radius 3 is 2.57 bits per heavy atom. The first-order chi connectivity index (χ1) is 6.54. The van der Waals surface area contributed by atoms with Crippen LogP contribution in [0.25, 0.3) is 0 Å². The fourth-order valence-corrected chi connectivity index (χ4v) is 2.47. The van der Waals surface area contributed by atoms with Crippen molar-refractivity contribution in [2.45, 2.75) is 52.7 Å². The van der Waals surface area contributed by atoms with Crippen molar-refractivity contribution in [1.82, 2.24) is 4.90 Å². The van der Waals surface area contributed by atoms with Gasteiger partial charge in [-0.15, -0.1) is 0 Å². The van der Waals surface area contributed by atoms with Gasteiger partial charge < -0.3 is 5.11 Å². The standard InChI is InChI=1S/C12H25NO/c1-5-12(14)8-13-7-9(2)6-10(3)11(13)4/h9-12,14H,5-8H2,1-4H3/t9?,10?,11?,12-/m1/s1. The first kappa shape index (κ1) is 12.0. The molecule has 1 fully saturated rings. The highest BCUT2D eigenvalue weighted by Crippen LogP contribution is 2.26. The maximum absolute atomic E-state index is 9.66. The van der Waals surface area contributed by atoms with Crippen molar-refractivity contribution in [2.24, 2.45) is 11.8 Å². The van der Waals surface area contributed by atoms with Crippen LogP contribution in [0.3, 0.4) is 0 Å². The molecular formula is C12H25NO. The lowest BCUT2D eigenvalue weighted by Gasteiger charge is -2.41. The topological polar surface area (TPSA) is 23.5 Å². The van der Waals surface area contributed by atoms with Crippen LogP contribution in [-0.2, 0) is 0 Å². The third-order valence-electron chi connectivity index (χ3n) is 3.64. The molecule has 0 bridgehead atoms. The molecule has 0 aromatic heterocycles. The number of aliphatic hydroxyl groups excluding tert-OH is 1. The monoisotopic (exact) mass is 199 g/mol.